The number of pyridine rings is 1. The summed E-state index contributed by atoms with van der Waals surface area (Å²) in [6.07, 6.45) is 2.07. The van der Waals surface area contributed by atoms with Gasteiger partial charge in [0.25, 0.3) is 0 Å². The molecular weight excluding hydrogens is 320 g/mol. The van der Waals surface area contributed by atoms with E-state index in [9.17, 15) is 0 Å². The highest BCUT2D eigenvalue weighted by molar-refractivity contribution is 5.79. The minimum Gasteiger partial charge on any atom is -0.497 e. The summed E-state index contributed by atoms with van der Waals surface area (Å²) in [5, 5.41) is 1.25. The molecule has 134 valence electrons. The first kappa shape index (κ1) is 17.0. The zero-order valence-corrected chi connectivity index (χ0v) is 15.8. The van der Waals surface area contributed by atoms with Crippen LogP contribution in [0.25, 0.3) is 10.9 Å². The molecule has 0 N–H and O–H groups in total. The maximum Gasteiger partial charge on any atom is 0.119 e. The standard InChI is InChI=1S/C23H26N2O/c1-25(2)15-19-12-18-11-17-7-4-5-10-22(17)24-23(18)14-21(19)16-8-6-9-20(13-16)26-3/h4-11,13,19,21H,12,14-15H2,1-3H3/t19-,21-/m0/s1. The first-order valence-corrected chi connectivity index (χ1v) is 9.30. The molecule has 0 fully saturated rings. The molecule has 0 saturated heterocycles. The molecule has 2 atom stereocenters. The summed E-state index contributed by atoms with van der Waals surface area (Å²) < 4.78 is 5.46. The normalized spacial score (nSPS) is 19.5. The number of methoxy groups -OCH3 is 1. The van der Waals surface area contributed by atoms with Gasteiger partial charge in [0.2, 0.25) is 0 Å². The Balaban J connectivity index is 1.76. The van der Waals surface area contributed by atoms with E-state index >= 15 is 0 Å². The topological polar surface area (TPSA) is 25.4 Å². The lowest BCUT2D eigenvalue weighted by Crippen LogP contribution is -2.33. The van der Waals surface area contributed by atoms with Crippen LogP contribution in [0.2, 0.25) is 0 Å². The van der Waals surface area contributed by atoms with Crippen LogP contribution >= 0.6 is 0 Å². The van der Waals surface area contributed by atoms with Gasteiger partial charge in [0.05, 0.1) is 12.6 Å². The Bertz CT molecular complexity index is 919. The van der Waals surface area contributed by atoms with Crippen LogP contribution in [0.1, 0.15) is 22.7 Å². The zero-order chi connectivity index (χ0) is 18.1. The Kier molecular flexibility index (Phi) is 4.64. The summed E-state index contributed by atoms with van der Waals surface area (Å²) in [5.41, 5.74) is 5.12. The lowest BCUT2D eigenvalue weighted by atomic mass is 9.74. The highest BCUT2D eigenvalue weighted by Gasteiger charge is 2.31. The molecule has 2 aromatic carbocycles. The molecule has 0 saturated carbocycles. The van der Waals surface area contributed by atoms with Gasteiger partial charge < -0.3 is 9.64 Å². The molecule has 0 radical (unpaired) electrons. The van der Waals surface area contributed by atoms with Crippen molar-refractivity contribution in [3.63, 3.8) is 0 Å². The minimum atomic E-state index is 0.466. The smallest absolute Gasteiger partial charge is 0.119 e. The molecule has 0 bridgehead atoms. The average Bonchev–Trinajstić information content (AvgIpc) is 2.65. The fourth-order valence-corrected chi connectivity index (χ4v) is 4.28. The fraction of sp³-hybridized carbons (Fsp3) is 0.348. The number of fused-ring (bicyclic) bond motifs is 2. The van der Waals surface area contributed by atoms with E-state index in [1.54, 1.807) is 7.11 Å². The second-order valence-electron chi connectivity index (χ2n) is 7.60. The van der Waals surface area contributed by atoms with Crippen LogP contribution in [0, 0.1) is 5.92 Å². The van der Waals surface area contributed by atoms with Gasteiger partial charge in [-0.3, -0.25) is 4.98 Å². The van der Waals surface area contributed by atoms with Crippen molar-refractivity contribution < 1.29 is 4.74 Å². The summed E-state index contributed by atoms with van der Waals surface area (Å²) >= 11 is 0. The second-order valence-corrected chi connectivity index (χ2v) is 7.60. The number of para-hydroxylation sites is 1. The fourth-order valence-electron chi connectivity index (χ4n) is 4.28. The van der Waals surface area contributed by atoms with Gasteiger partial charge in [-0.05, 0) is 74.2 Å². The average molecular weight is 346 g/mol. The SMILES string of the molecule is COc1cccc([C@@H]2Cc3nc4ccccc4cc3C[C@H]2CN(C)C)c1. The van der Waals surface area contributed by atoms with Crippen molar-refractivity contribution in [2.75, 3.05) is 27.7 Å². The highest BCUT2D eigenvalue weighted by Crippen LogP contribution is 2.38. The first-order chi connectivity index (χ1) is 12.6. The number of hydrogen-bond acceptors (Lipinski definition) is 3. The quantitative estimate of drug-likeness (QED) is 0.704. The highest BCUT2D eigenvalue weighted by atomic mass is 16.5. The number of hydrogen-bond donors (Lipinski definition) is 0. The molecule has 26 heavy (non-hydrogen) atoms. The number of aromatic nitrogens is 1. The van der Waals surface area contributed by atoms with Crippen LogP contribution < -0.4 is 4.74 Å². The van der Waals surface area contributed by atoms with E-state index in [1.165, 1.54) is 22.2 Å². The van der Waals surface area contributed by atoms with E-state index < -0.39 is 0 Å². The summed E-state index contributed by atoms with van der Waals surface area (Å²) in [6.45, 7) is 1.08. The largest absolute Gasteiger partial charge is 0.497 e. The van der Waals surface area contributed by atoms with Gasteiger partial charge in [-0.1, -0.05) is 30.3 Å². The van der Waals surface area contributed by atoms with E-state index in [0.717, 1.165) is 30.7 Å². The van der Waals surface area contributed by atoms with E-state index in [4.69, 9.17) is 9.72 Å². The van der Waals surface area contributed by atoms with Gasteiger partial charge in [-0.25, -0.2) is 0 Å². The predicted molar refractivity (Wildman–Crippen MR) is 107 cm³/mol. The molecule has 0 unspecified atom stereocenters. The summed E-state index contributed by atoms with van der Waals surface area (Å²) in [5.74, 6) is 1.98. The summed E-state index contributed by atoms with van der Waals surface area (Å²) in [7, 11) is 6.06. The van der Waals surface area contributed by atoms with E-state index in [1.807, 2.05) is 6.07 Å². The maximum absolute atomic E-state index is 5.46. The van der Waals surface area contributed by atoms with Gasteiger partial charge in [0.1, 0.15) is 5.75 Å². The molecular formula is C23H26N2O. The van der Waals surface area contributed by atoms with Crippen LogP contribution in [0.15, 0.2) is 54.6 Å². The van der Waals surface area contributed by atoms with Gasteiger partial charge in [0.15, 0.2) is 0 Å². The Labute approximate surface area is 155 Å². The van der Waals surface area contributed by atoms with Gasteiger partial charge >= 0.3 is 0 Å². The van der Waals surface area contributed by atoms with Crippen molar-refractivity contribution in [3.05, 3.63) is 71.4 Å². The van der Waals surface area contributed by atoms with Crippen molar-refractivity contribution in [1.82, 2.24) is 9.88 Å². The Morgan fingerprint density at radius 2 is 1.88 bits per heavy atom. The lowest BCUT2D eigenvalue weighted by Gasteiger charge is -2.35. The first-order valence-electron chi connectivity index (χ1n) is 9.30. The number of rotatable bonds is 4. The molecule has 0 spiro atoms. The lowest BCUT2D eigenvalue weighted by molar-refractivity contribution is 0.274. The molecule has 3 aromatic rings. The Hall–Kier alpha value is -2.39. The number of benzene rings is 2. The van der Waals surface area contributed by atoms with Crippen molar-refractivity contribution >= 4 is 10.9 Å². The van der Waals surface area contributed by atoms with E-state index in [-0.39, 0.29) is 0 Å². The molecule has 3 heteroatoms. The van der Waals surface area contributed by atoms with Gasteiger partial charge in [-0.2, -0.15) is 0 Å². The number of ether oxygens (including phenoxy) is 1. The summed E-state index contributed by atoms with van der Waals surface area (Å²) in [4.78, 5) is 7.31. The van der Waals surface area contributed by atoms with Crippen molar-refractivity contribution in [2.45, 2.75) is 18.8 Å². The molecule has 1 heterocycles. The van der Waals surface area contributed by atoms with E-state index in [2.05, 4.69) is 67.5 Å². The monoisotopic (exact) mass is 346 g/mol. The van der Waals surface area contributed by atoms with Crippen LogP contribution in [0.3, 0.4) is 0 Å². The van der Waals surface area contributed by atoms with E-state index in [0.29, 0.717) is 11.8 Å². The van der Waals surface area contributed by atoms with Crippen molar-refractivity contribution in [1.29, 1.82) is 0 Å². The maximum atomic E-state index is 5.46. The third-order valence-corrected chi connectivity index (χ3v) is 5.48. The van der Waals surface area contributed by atoms with Crippen LogP contribution in [-0.2, 0) is 12.8 Å². The molecule has 0 aliphatic heterocycles. The molecule has 0 amide bonds. The zero-order valence-electron chi connectivity index (χ0n) is 15.8. The van der Waals surface area contributed by atoms with Crippen LogP contribution in [-0.4, -0.2) is 37.6 Å². The number of nitrogens with zero attached hydrogens (tertiary/aromatic N) is 2. The van der Waals surface area contributed by atoms with Crippen molar-refractivity contribution in [3.8, 4) is 5.75 Å². The third kappa shape index (κ3) is 3.32. The molecule has 3 nitrogen and oxygen atoms in total. The van der Waals surface area contributed by atoms with Gasteiger partial charge in [-0.15, -0.1) is 0 Å². The van der Waals surface area contributed by atoms with Gasteiger partial charge in [0, 0.05) is 17.6 Å². The molecule has 1 aliphatic carbocycles. The summed E-state index contributed by atoms with van der Waals surface area (Å²) in [6, 6.07) is 19.3. The van der Waals surface area contributed by atoms with Crippen LogP contribution in [0.5, 0.6) is 5.75 Å². The van der Waals surface area contributed by atoms with Crippen LogP contribution in [0.4, 0.5) is 0 Å². The predicted octanol–water partition coefficient (Wildman–Crippen LogP) is 4.30. The Morgan fingerprint density at radius 3 is 2.69 bits per heavy atom. The second kappa shape index (κ2) is 7.08. The molecule has 1 aromatic heterocycles. The Morgan fingerprint density at radius 1 is 1.04 bits per heavy atom. The molecule has 1 aliphatic rings. The molecule has 4 rings (SSSR count). The minimum absolute atomic E-state index is 0.466. The van der Waals surface area contributed by atoms with Crippen molar-refractivity contribution in [2.24, 2.45) is 5.92 Å². The third-order valence-electron chi connectivity index (χ3n) is 5.48.